The normalized spacial score (nSPS) is 18.9. The van der Waals surface area contributed by atoms with Gasteiger partial charge in [-0.2, -0.15) is 0 Å². The van der Waals surface area contributed by atoms with Gasteiger partial charge in [0.2, 0.25) is 5.91 Å². The highest BCUT2D eigenvalue weighted by molar-refractivity contribution is 5.85. The lowest BCUT2D eigenvalue weighted by molar-refractivity contribution is -0.138. The molecular weight excluding hydrogens is 238 g/mol. The fourth-order valence-corrected chi connectivity index (χ4v) is 2.91. The van der Waals surface area contributed by atoms with E-state index < -0.39 is 5.54 Å². The summed E-state index contributed by atoms with van der Waals surface area (Å²) in [5.74, 6) is 0.206. The average molecular weight is 269 g/mol. The molecule has 0 aliphatic carbocycles. The summed E-state index contributed by atoms with van der Waals surface area (Å²) in [6.07, 6.45) is 2.17. The Morgan fingerprint density at radius 3 is 2.32 bits per heavy atom. The van der Waals surface area contributed by atoms with Crippen LogP contribution in [-0.4, -0.2) is 60.0 Å². The van der Waals surface area contributed by atoms with Crippen molar-refractivity contribution in [2.75, 3.05) is 26.7 Å². The van der Waals surface area contributed by atoms with E-state index in [1.54, 1.807) is 0 Å². The Hall–Kier alpha value is -0.610. The number of likely N-dealkylation sites (tertiary alicyclic amines) is 1. The molecule has 4 heteroatoms. The minimum Gasteiger partial charge on any atom is -0.341 e. The first-order chi connectivity index (χ1) is 8.79. The molecule has 1 heterocycles. The van der Waals surface area contributed by atoms with Crippen molar-refractivity contribution in [1.29, 1.82) is 0 Å². The van der Waals surface area contributed by atoms with Gasteiger partial charge in [0.1, 0.15) is 0 Å². The third-order valence-corrected chi connectivity index (χ3v) is 4.25. The monoisotopic (exact) mass is 269 g/mol. The number of nitrogens with zero attached hydrogens (tertiary/aromatic N) is 2. The van der Waals surface area contributed by atoms with Crippen LogP contribution in [0.15, 0.2) is 0 Å². The Morgan fingerprint density at radius 1 is 1.37 bits per heavy atom. The van der Waals surface area contributed by atoms with Crippen molar-refractivity contribution >= 4 is 5.91 Å². The summed E-state index contributed by atoms with van der Waals surface area (Å²) in [4.78, 5) is 17.0. The van der Waals surface area contributed by atoms with Gasteiger partial charge >= 0.3 is 0 Å². The number of hydrogen-bond donors (Lipinski definition) is 1. The van der Waals surface area contributed by atoms with Crippen molar-refractivity contribution < 1.29 is 4.79 Å². The van der Waals surface area contributed by atoms with Gasteiger partial charge in [-0.15, -0.1) is 0 Å². The van der Waals surface area contributed by atoms with Crippen LogP contribution in [0, 0.1) is 0 Å². The zero-order chi connectivity index (χ0) is 14.6. The van der Waals surface area contributed by atoms with Crippen LogP contribution in [0.3, 0.4) is 0 Å². The van der Waals surface area contributed by atoms with Gasteiger partial charge in [-0.3, -0.25) is 4.79 Å². The summed E-state index contributed by atoms with van der Waals surface area (Å²) in [5, 5.41) is 3.27. The highest BCUT2D eigenvalue weighted by atomic mass is 16.2. The minimum atomic E-state index is -0.460. The Labute approximate surface area is 118 Å². The van der Waals surface area contributed by atoms with Crippen LogP contribution in [0.2, 0.25) is 0 Å². The van der Waals surface area contributed by atoms with E-state index in [-0.39, 0.29) is 5.91 Å². The summed E-state index contributed by atoms with van der Waals surface area (Å²) in [7, 11) is 1.96. The van der Waals surface area contributed by atoms with Crippen molar-refractivity contribution in [2.45, 2.75) is 65.1 Å². The molecule has 0 saturated carbocycles. The van der Waals surface area contributed by atoms with Gasteiger partial charge in [-0.05, 0) is 47.1 Å². The average Bonchev–Trinajstić information content (AvgIpc) is 2.37. The zero-order valence-corrected chi connectivity index (χ0v) is 13.5. The van der Waals surface area contributed by atoms with Crippen LogP contribution in [0.5, 0.6) is 0 Å². The molecule has 0 spiro atoms. The number of carbonyl (C=O) groups is 1. The molecule has 1 aliphatic heterocycles. The van der Waals surface area contributed by atoms with E-state index in [4.69, 9.17) is 0 Å². The lowest BCUT2D eigenvalue weighted by atomic mass is 9.98. The van der Waals surface area contributed by atoms with Gasteiger partial charge in [0, 0.05) is 32.2 Å². The van der Waals surface area contributed by atoms with E-state index in [2.05, 4.69) is 24.1 Å². The molecule has 112 valence electrons. The number of carbonyl (C=O) groups excluding carboxylic acids is 1. The second-order valence-corrected chi connectivity index (χ2v) is 6.43. The molecule has 0 unspecified atom stereocenters. The van der Waals surface area contributed by atoms with Crippen molar-refractivity contribution in [2.24, 2.45) is 0 Å². The molecule has 0 radical (unpaired) electrons. The second kappa shape index (κ2) is 6.71. The van der Waals surface area contributed by atoms with Crippen LogP contribution in [0.4, 0.5) is 0 Å². The van der Waals surface area contributed by atoms with Gasteiger partial charge < -0.3 is 15.1 Å². The topological polar surface area (TPSA) is 35.6 Å². The van der Waals surface area contributed by atoms with E-state index in [1.165, 1.54) is 0 Å². The van der Waals surface area contributed by atoms with E-state index in [1.807, 2.05) is 32.7 Å². The van der Waals surface area contributed by atoms with Gasteiger partial charge in [-0.25, -0.2) is 0 Å². The van der Waals surface area contributed by atoms with Crippen molar-refractivity contribution in [3.63, 3.8) is 0 Å². The smallest absolute Gasteiger partial charge is 0.242 e. The Kier molecular flexibility index (Phi) is 5.81. The molecule has 0 bridgehead atoms. The molecule has 0 aromatic heterocycles. The summed E-state index contributed by atoms with van der Waals surface area (Å²) in [5.41, 5.74) is -0.460. The van der Waals surface area contributed by atoms with Crippen molar-refractivity contribution in [3.05, 3.63) is 0 Å². The lowest BCUT2D eigenvalue weighted by Crippen LogP contribution is -2.57. The summed E-state index contributed by atoms with van der Waals surface area (Å²) in [6, 6.07) is 1.00. The maximum Gasteiger partial charge on any atom is 0.242 e. The largest absolute Gasteiger partial charge is 0.341 e. The lowest BCUT2D eigenvalue weighted by Gasteiger charge is -2.41. The third-order valence-electron chi connectivity index (χ3n) is 4.25. The predicted octanol–water partition coefficient (Wildman–Crippen LogP) is 1.71. The van der Waals surface area contributed by atoms with Crippen LogP contribution < -0.4 is 5.32 Å². The predicted molar refractivity (Wildman–Crippen MR) is 80.3 cm³/mol. The summed E-state index contributed by atoms with van der Waals surface area (Å²) in [6.45, 7) is 13.5. The number of rotatable bonds is 5. The maximum atomic E-state index is 12.5. The first kappa shape index (κ1) is 16.4. The molecule has 1 amide bonds. The molecule has 1 saturated heterocycles. The zero-order valence-electron chi connectivity index (χ0n) is 13.5. The van der Waals surface area contributed by atoms with Crippen LogP contribution in [0.1, 0.15) is 47.5 Å². The molecule has 1 N–H and O–H groups in total. The third kappa shape index (κ3) is 4.18. The van der Waals surface area contributed by atoms with Crippen molar-refractivity contribution in [3.8, 4) is 0 Å². The minimum absolute atomic E-state index is 0.206. The van der Waals surface area contributed by atoms with Crippen LogP contribution in [0.25, 0.3) is 0 Å². The number of likely N-dealkylation sites (N-methyl/N-ethyl adjacent to an activating group) is 2. The highest BCUT2D eigenvalue weighted by Gasteiger charge is 2.34. The summed E-state index contributed by atoms with van der Waals surface area (Å²) < 4.78 is 0. The van der Waals surface area contributed by atoms with E-state index >= 15 is 0 Å². The quantitative estimate of drug-likeness (QED) is 0.825. The molecular formula is C15H31N3O. The van der Waals surface area contributed by atoms with Gasteiger partial charge in [0.25, 0.3) is 0 Å². The highest BCUT2D eigenvalue weighted by Crippen LogP contribution is 2.19. The first-order valence-electron chi connectivity index (χ1n) is 7.56. The van der Waals surface area contributed by atoms with Gasteiger partial charge in [-0.1, -0.05) is 6.92 Å². The Balaban J connectivity index is 2.55. The Morgan fingerprint density at radius 2 is 1.89 bits per heavy atom. The molecule has 1 fully saturated rings. The van der Waals surface area contributed by atoms with Gasteiger partial charge in [0.05, 0.1) is 5.54 Å². The molecule has 19 heavy (non-hydrogen) atoms. The standard InChI is InChI=1S/C15H31N3O/c1-7-16-15(4,5)14(19)17(6)13-8-10-18(11-9-13)12(2)3/h12-13,16H,7-11H2,1-6H3. The van der Waals surface area contributed by atoms with Crippen LogP contribution >= 0.6 is 0 Å². The second-order valence-electron chi connectivity index (χ2n) is 6.43. The molecule has 1 rings (SSSR count). The molecule has 0 atom stereocenters. The fraction of sp³-hybridized carbons (Fsp3) is 0.933. The number of piperidine rings is 1. The fourth-order valence-electron chi connectivity index (χ4n) is 2.91. The number of nitrogens with one attached hydrogen (secondary N) is 1. The first-order valence-corrected chi connectivity index (χ1v) is 7.56. The molecule has 1 aliphatic rings. The number of amides is 1. The molecule has 4 nitrogen and oxygen atoms in total. The van der Waals surface area contributed by atoms with Crippen molar-refractivity contribution in [1.82, 2.24) is 15.1 Å². The van der Waals surface area contributed by atoms with Crippen LogP contribution in [-0.2, 0) is 4.79 Å². The summed E-state index contributed by atoms with van der Waals surface area (Å²) >= 11 is 0. The maximum absolute atomic E-state index is 12.5. The molecule has 0 aromatic rings. The Bertz CT molecular complexity index is 294. The SMILES string of the molecule is CCNC(C)(C)C(=O)N(C)C1CCN(C(C)C)CC1. The van der Waals surface area contributed by atoms with Gasteiger partial charge in [0.15, 0.2) is 0 Å². The van der Waals surface area contributed by atoms with E-state index in [0.29, 0.717) is 12.1 Å². The number of hydrogen-bond acceptors (Lipinski definition) is 3. The van der Waals surface area contributed by atoms with E-state index in [0.717, 1.165) is 32.5 Å². The molecule has 0 aromatic carbocycles. The van der Waals surface area contributed by atoms with E-state index in [9.17, 15) is 4.79 Å².